The first-order valence-electron chi connectivity index (χ1n) is 5.71. The molecular weight excluding hydrogens is 208 g/mol. The van der Waals surface area contributed by atoms with Crippen LogP contribution in [0.5, 0.6) is 0 Å². The Labute approximate surface area is 94.7 Å². The molecule has 16 heavy (non-hydrogen) atoms. The van der Waals surface area contributed by atoms with Crippen LogP contribution in [0.3, 0.4) is 0 Å². The van der Waals surface area contributed by atoms with Crippen LogP contribution in [0.2, 0.25) is 0 Å². The molecule has 0 spiro atoms. The van der Waals surface area contributed by atoms with E-state index in [9.17, 15) is 8.78 Å². The summed E-state index contributed by atoms with van der Waals surface area (Å²) in [5.41, 5.74) is 6.45. The first kappa shape index (κ1) is 11.5. The monoisotopic (exact) mass is 225 g/mol. The van der Waals surface area contributed by atoms with Crippen molar-refractivity contribution in [2.75, 3.05) is 0 Å². The fraction of sp³-hybridized carbons (Fsp3) is 0.538. The molecule has 1 saturated carbocycles. The summed E-state index contributed by atoms with van der Waals surface area (Å²) in [6.07, 6.45) is 3.44. The van der Waals surface area contributed by atoms with Gasteiger partial charge in [0.05, 0.1) is 0 Å². The van der Waals surface area contributed by atoms with Crippen molar-refractivity contribution in [3.8, 4) is 0 Å². The van der Waals surface area contributed by atoms with Gasteiger partial charge in [-0.05, 0) is 43.2 Å². The van der Waals surface area contributed by atoms with E-state index in [1.165, 1.54) is 12.1 Å². The quantitative estimate of drug-likeness (QED) is 0.822. The Morgan fingerprint density at radius 2 is 2.19 bits per heavy atom. The molecule has 0 amide bonds. The minimum absolute atomic E-state index is 0.307. The molecule has 0 aliphatic heterocycles. The minimum atomic E-state index is -0.535. The average Bonchev–Trinajstić information content (AvgIpc) is 2.52. The van der Waals surface area contributed by atoms with Crippen LogP contribution in [0.15, 0.2) is 18.2 Å². The van der Waals surface area contributed by atoms with Gasteiger partial charge in [-0.25, -0.2) is 8.78 Å². The zero-order valence-corrected chi connectivity index (χ0v) is 9.47. The Morgan fingerprint density at radius 3 is 2.75 bits per heavy atom. The third-order valence-electron chi connectivity index (χ3n) is 3.45. The lowest BCUT2D eigenvalue weighted by atomic mass is 9.89. The van der Waals surface area contributed by atoms with Crippen LogP contribution in [0, 0.1) is 17.6 Å². The van der Waals surface area contributed by atoms with Crippen LogP contribution in [0.1, 0.15) is 31.7 Å². The maximum Gasteiger partial charge on any atom is 0.129 e. The molecule has 1 aromatic rings. The topological polar surface area (TPSA) is 26.0 Å². The minimum Gasteiger partial charge on any atom is -0.325 e. The number of rotatable bonds is 2. The molecule has 2 atom stereocenters. The third kappa shape index (κ3) is 2.40. The van der Waals surface area contributed by atoms with Crippen molar-refractivity contribution in [3.05, 3.63) is 35.4 Å². The standard InChI is InChI=1S/C13H17F2N/c1-9-4-5-13(16,7-9)8-10-2-3-11(14)6-12(10)15/h2-3,6,9H,4-5,7-8,16H2,1H3. The predicted octanol–water partition coefficient (Wildman–Crippen LogP) is 3.02. The lowest BCUT2D eigenvalue weighted by Gasteiger charge is -2.24. The molecule has 0 heterocycles. The summed E-state index contributed by atoms with van der Waals surface area (Å²) in [7, 11) is 0. The Kier molecular flexibility index (Phi) is 2.98. The van der Waals surface area contributed by atoms with Gasteiger partial charge in [-0.3, -0.25) is 0 Å². The Morgan fingerprint density at radius 1 is 1.44 bits per heavy atom. The van der Waals surface area contributed by atoms with Gasteiger partial charge in [-0.15, -0.1) is 0 Å². The molecule has 0 saturated heterocycles. The molecular formula is C13H17F2N. The third-order valence-corrected chi connectivity index (χ3v) is 3.45. The van der Waals surface area contributed by atoms with E-state index in [1.54, 1.807) is 0 Å². The second-order valence-electron chi connectivity index (χ2n) is 5.12. The molecule has 1 fully saturated rings. The molecule has 3 heteroatoms. The maximum atomic E-state index is 13.5. The van der Waals surface area contributed by atoms with E-state index in [1.807, 2.05) is 0 Å². The molecule has 1 aliphatic carbocycles. The van der Waals surface area contributed by atoms with Crippen molar-refractivity contribution in [1.82, 2.24) is 0 Å². The highest BCUT2D eigenvalue weighted by Gasteiger charge is 2.34. The molecule has 0 bridgehead atoms. The van der Waals surface area contributed by atoms with Gasteiger partial charge < -0.3 is 5.73 Å². The number of benzene rings is 1. The molecule has 1 nitrogen and oxygen atoms in total. The molecule has 2 N–H and O–H groups in total. The van der Waals surface area contributed by atoms with Gasteiger partial charge in [0.2, 0.25) is 0 Å². The summed E-state index contributed by atoms with van der Waals surface area (Å²) < 4.78 is 26.2. The van der Waals surface area contributed by atoms with E-state index in [2.05, 4.69) is 6.92 Å². The molecule has 1 aromatic carbocycles. The Bertz CT molecular complexity index is 392. The van der Waals surface area contributed by atoms with Gasteiger partial charge in [-0.1, -0.05) is 13.0 Å². The highest BCUT2D eigenvalue weighted by atomic mass is 19.1. The van der Waals surface area contributed by atoms with Crippen molar-refractivity contribution in [2.24, 2.45) is 11.7 Å². The van der Waals surface area contributed by atoms with Crippen molar-refractivity contribution in [1.29, 1.82) is 0 Å². The predicted molar refractivity (Wildman–Crippen MR) is 60.0 cm³/mol. The number of hydrogen-bond donors (Lipinski definition) is 1. The molecule has 0 radical (unpaired) electrons. The Hall–Kier alpha value is -0.960. The van der Waals surface area contributed by atoms with E-state index in [0.717, 1.165) is 25.3 Å². The smallest absolute Gasteiger partial charge is 0.129 e. The zero-order valence-electron chi connectivity index (χ0n) is 9.47. The van der Waals surface area contributed by atoms with Crippen LogP contribution in [-0.4, -0.2) is 5.54 Å². The van der Waals surface area contributed by atoms with E-state index < -0.39 is 11.6 Å². The zero-order chi connectivity index (χ0) is 11.8. The molecule has 0 aromatic heterocycles. The van der Waals surface area contributed by atoms with E-state index in [4.69, 9.17) is 5.73 Å². The van der Waals surface area contributed by atoms with Crippen LogP contribution >= 0.6 is 0 Å². The largest absolute Gasteiger partial charge is 0.325 e. The van der Waals surface area contributed by atoms with Gasteiger partial charge in [0, 0.05) is 11.6 Å². The molecule has 2 unspecified atom stereocenters. The number of nitrogens with two attached hydrogens (primary N) is 1. The van der Waals surface area contributed by atoms with Gasteiger partial charge >= 0.3 is 0 Å². The van der Waals surface area contributed by atoms with Crippen molar-refractivity contribution in [2.45, 2.75) is 38.1 Å². The normalized spacial score (nSPS) is 29.6. The van der Waals surface area contributed by atoms with Crippen LogP contribution < -0.4 is 5.73 Å². The first-order chi connectivity index (χ1) is 7.48. The molecule has 2 rings (SSSR count). The highest BCUT2D eigenvalue weighted by Crippen LogP contribution is 2.35. The van der Waals surface area contributed by atoms with E-state index in [0.29, 0.717) is 17.9 Å². The second-order valence-corrected chi connectivity index (χ2v) is 5.12. The summed E-state index contributed by atoms with van der Waals surface area (Å²) in [6, 6.07) is 3.72. The Balaban J connectivity index is 2.14. The average molecular weight is 225 g/mol. The summed E-state index contributed by atoms with van der Waals surface area (Å²) in [4.78, 5) is 0. The van der Waals surface area contributed by atoms with E-state index in [-0.39, 0.29) is 5.54 Å². The lowest BCUT2D eigenvalue weighted by Crippen LogP contribution is -2.39. The fourth-order valence-corrected chi connectivity index (χ4v) is 2.64. The SMILES string of the molecule is CC1CCC(N)(Cc2ccc(F)cc2F)C1. The van der Waals surface area contributed by atoms with Gasteiger partial charge in [-0.2, -0.15) is 0 Å². The van der Waals surface area contributed by atoms with E-state index >= 15 is 0 Å². The number of hydrogen-bond acceptors (Lipinski definition) is 1. The van der Waals surface area contributed by atoms with Gasteiger partial charge in [0.25, 0.3) is 0 Å². The van der Waals surface area contributed by atoms with Gasteiger partial charge in [0.15, 0.2) is 0 Å². The lowest BCUT2D eigenvalue weighted by molar-refractivity contribution is 0.410. The first-order valence-corrected chi connectivity index (χ1v) is 5.71. The number of halogens is 2. The molecule has 88 valence electrons. The summed E-state index contributed by atoms with van der Waals surface area (Å²) in [5, 5.41) is 0. The maximum absolute atomic E-state index is 13.5. The highest BCUT2D eigenvalue weighted by molar-refractivity contribution is 5.21. The van der Waals surface area contributed by atoms with Gasteiger partial charge in [0.1, 0.15) is 11.6 Å². The summed E-state index contributed by atoms with van der Waals surface area (Å²) >= 11 is 0. The second kappa shape index (κ2) is 4.13. The molecule has 1 aliphatic rings. The fourth-order valence-electron chi connectivity index (χ4n) is 2.64. The van der Waals surface area contributed by atoms with Crippen LogP contribution in [0.4, 0.5) is 8.78 Å². The summed E-state index contributed by atoms with van der Waals surface area (Å²) in [5.74, 6) is -0.412. The summed E-state index contributed by atoms with van der Waals surface area (Å²) in [6.45, 7) is 2.16. The van der Waals surface area contributed by atoms with Crippen molar-refractivity contribution < 1.29 is 8.78 Å². The van der Waals surface area contributed by atoms with Crippen molar-refractivity contribution in [3.63, 3.8) is 0 Å². The van der Waals surface area contributed by atoms with Crippen LogP contribution in [-0.2, 0) is 6.42 Å². The van der Waals surface area contributed by atoms with Crippen molar-refractivity contribution >= 4 is 0 Å². The van der Waals surface area contributed by atoms with Crippen LogP contribution in [0.25, 0.3) is 0 Å².